The zero-order valence-corrected chi connectivity index (χ0v) is 14.6. The molecule has 1 heterocycles. The highest BCUT2D eigenvalue weighted by molar-refractivity contribution is 6.05. The maximum atomic E-state index is 12.4. The molecule has 0 aliphatic heterocycles. The SMILES string of the molecule is O=C(COC(=O)c1n[nH]c(=O)c2ccccc12)Nc1cccc2ccccc12. The molecule has 4 aromatic rings. The third-order valence-corrected chi connectivity index (χ3v) is 4.29. The van der Waals surface area contributed by atoms with Gasteiger partial charge >= 0.3 is 5.97 Å². The first-order valence-electron chi connectivity index (χ1n) is 8.55. The molecule has 0 spiro atoms. The number of fused-ring (bicyclic) bond motifs is 2. The quantitative estimate of drug-likeness (QED) is 0.536. The van der Waals surface area contributed by atoms with Gasteiger partial charge < -0.3 is 10.1 Å². The van der Waals surface area contributed by atoms with Crippen LogP contribution >= 0.6 is 0 Å². The second-order valence-corrected chi connectivity index (χ2v) is 6.10. The van der Waals surface area contributed by atoms with Crippen LogP contribution in [0.15, 0.2) is 71.5 Å². The standard InChI is InChI=1S/C21H15N3O4/c25-18(22-17-11-5-7-13-6-1-2-8-14(13)17)12-28-21(27)19-15-9-3-4-10-16(15)20(26)24-23-19/h1-11H,12H2,(H,22,25)(H,24,26). The van der Waals surface area contributed by atoms with E-state index in [1.54, 1.807) is 30.3 Å². The van der Waals surface area contributed by atoms with Crippen LogP contribution in [0, 0.1) is 0 Å². The molecule has 1 amide bonds. The summed E-state index contributed by atoms with van der Waals surface area (Å²) < 4.78 is 5.09. The number of benzene rings is 3. The van der Waals surface area contributed by atoms with Crippen molar-refractivity contribution >= 4 is 39.1 Å². The molecule has 0 radical (unpaired) electrons. The Hall–Kier alpha value is -4.00. The number of aromatic nitrogens is 2. The van der Waals surface area contributed by atoms with Gasteiger partial charge in [0.15, 0.2) is 12.3 Å². The molecule has 0 saturated heterocycles. The minimum atomic E-state index is -0.791. The number of H-pyrrole nitrogens is 1. The Kier molecular flexibility index (Phi) is 4.55. The minimum absolute atomic E-state index is 0.0480. The lowest BCUT2D eigenvalue weighted by molar-refractivity contribution is -0.119. The molecule has 0 bridgehead atoms. The summed E-state index contributed by atoms with van der Waals surface area (Å²) in [6.45, 7) is -0.475. The smallest absolute Gasteiger partial charge is 0.359 e. The lowest BCUT2D eigenvalue weighted by atomic mass is 10.1. The highest BCUT2D eigenvalue weighted by atomic mass is 16.5. The minimum Gasteiger partial charge on any atom is -0.451 e. The van der Waals surface area contributed by atoms with Crippen LogP contribution in [0.5, 0.6) is 0 Å². The molecular formula is C21H15N3O4. The van der Waals surface area contributed by atoms with Gasteiger partial charge in [-0.15, -0.1) is 0 Å². The Morgan fingerprint density at radius 3 is 2.39 bits per heavy atom. The summed E-state index contributed by atoms with van der Waals surface area (Å²) in [5.74, 6) is -1.26. The monoisotopic (exact) mass is 373 g/mol. The van der Waals surface area contributed by atoms with E-state index in [9.17, 15) is 14.4 Å². The zero-order chi connectivity index (χ0) is 19.5. The third kappa shape index (κ3) is 3.33. The molecule has 0 fully saturated rings. The van der Waals surface area contributed by atoms with Crippen molar-refractivity contribution in [3.63, 3.8) is 0 Å². The number of carbonyl (C=O) groups is 2. The third-order valence-electron chi connectivity index (χ3n) is 4.29. The van der Waals surface area contributed by atoms with E-state index in [4.69, 9.17) is 4.74 Å². The maximum Gasteiger partial charge on any atom is 0.359 e. The summed E-state index contributed by atoms with van der Waals surface area (Å²) in [4.78, 5) is 36.4. The summed E-state index contributed by atoms with van der Waals surface area (Å²) in [6.07, 6.45) is 0. The average Bonchev–Trinajstić information content (AvgIpc) is 2.73. The number of rotatable bonds is 4. The molecule has 4 rings (SSSR count). The first-order chi connectivity index (χ1) is 13.6. The van der Waals surface area contributed by atoms with Gasteiger partial charge in [-0.3, -0.25) is 9.59 Å². The van der Waals surface area contributed by atoms with E-state index in [1.165, 1.54) is 0 Å². The molecular weight excluding hydrogens is 358 g/mol. The Morgan fingerprint density at radius 2 is 1.57 bits per heavy atom. The number of amides is 1. The van der Waals surface area contributed by atoms with Gasteiger partial charge in [-0.2, -0.15) is 5.10 Å². The van der Waals surface area contributed by atoms with Gasteiger partial charge in [0.05, 0.1) is 5.39 Å². The molecule has 2 N–H and O–H groups in total. The number of hydrogen-bond acceptors (Lipinski definition) is 5. The van der Waals surface area contributed by atoms with E-state index >= 15 is 0 Å². The number of aromatic amines is 1. The summed E-state index contributed by atoms with van der Waals surface area (Å²) in [5.41, 5.74) is 0.181. The van der Waals surface area contributed by atoms with Gasteiger partial charge in [0, 0.05) is 16.5 Å². The average molecular weight is 373 g/mol. The fourth-order valence-corrected chi connectivity index (χ4v) is 2.99. The molecule has 1 aromatic heterocycles. The van der Waals surface area contributed by atoms with Crippen LogP contribution in [-0.2, 0) is 9.53 Å². The first-order valence-corrected chi connectivity index (χ1v) is 8.55. The number of nitrogens with zero attached hydrogens (tertiary/aromatic N) is 1. The Labute approximate surface area is 159 Å². The molecule has 0 saturated carbocycles. The van der Waals surface area contributed by atoms with Crippen LogP contribution < -0.4 is 10.9 Å². The van der Waals surface area contributed by atoms with Gasteiger partial charge in [0.1, 0.15) is 0 Å². The van der Waals surface area contributed by atoms with Crippen LogP contribution in [0.3, 0.4) is 0 Å². The van der Waals surface area contributed by atoms with Crippen LogP contribution in [0.1, 0.15) is 10.5 Å². The molecule has 3 aromatic carbocycles. The van der Waals surface area contributed by atoms with Crippen molar-refractivity contribution in [2.45, 2.75) is 0 Å². The topological polar surface area (TPSA) is 101 Å². The van der Waals surface area contributed by atoms with Crippen molar-refractivity contribution in [3.05, 3.63) is 82.8 Å². The van der Waals surface area contributed by atoms with Crippen molar-refractivity contribution in [3.8, 4) is 0 Å². The zero-order valence-electron chi connectivity index (χ0n) is 14.6. The lowest BCUT2D eigenvalue weighted by Crippen LogP contribution is -2.22. The number of anilines is 1. The second-order valence-electron chi connectivity index (χ2n) is 6.10. The number of esters is 1. The van der Waals surface area contributed by atoms with E-state index in [-0.39, 0.29) is 5.69 Å². The van der Waals surface area contributed by atoms with Gasteiger partial charge in [-0.1, -0.05) is 54.6 Å². The summed E-state index contributed by atoms with van der Waals surface area (Å²) in [7, 11) is 0. The molecule has 7 heteroatoms. The van der Waals surface area contributed by atoms with Crippen LogP contribution in [0.25, 0.3) is 21.5 Å². The number of ether oxygens (including phenoxy) is 1. The van der Waals surface area contributed by atoms with Crippen molar-refractivity contribution < 1.29 is 14.3 Å². The maximum absolute atomic E-state index is 12.4. The van der Waals surface area contributed by atoms with Crippen molar-refractivity contribution in [1.29, 1.82) is 0 Å². The van der Waals surface area contributed by atoms with Gasteiger partial charge in [0.25, 0.3) is 11.5 Å². The molecule has 28 heavy (non-hydrogen) atoms. The Balaban J connectivity index is 1.49. The van der Waals surface area contributed by atoms with Gasteiger partial charge in [-0.25, -0.2) is 9.89 Å². The van der Waals surface area contributed by atoms with E-state index in [0.717, 1.165) is 10.8 Å². The normalized spacial score (nSPS) is 10.7. The van der Waals surface area contributed by atoms with Gasteiger partial charge in [0.2, 0.25) is 0 Å². The Morgan fingerprint density at radius 1 is 0.893 bits per heavy atom. The van der Waals surface area contributed by atoms with E-state index in [0.29, 0.717) is 16.5 Å². The fourth-order valence-electron chi connectivity index (χ4n) is 2.99. The molecule has 138 valence electrons. The fraction of sp³-hybridized carbons (Fsp3) is 0.0476. The van der Waals surface area contributed by atoms with E-state index < -0.39 is 24.0 Å². The van der Waals surface area contributed by atoms with E-state index in [2.05, 4.69) is 15.5 Å². The van der Waals surface area contributed by atoms with Crippen LogP contribution in [0.4, 0.5) is 5.69 Å². The number of nitrogens with one attached hydrogen (secondary N) is 2. The van der Waals surface area contributed by atoms with Crippen molar-refractivity contribution in [1.82, 2.24) is 10.2 Å². The van der Waals surface area contributed by atoms with Crippen LogP contribution in [0.2, 0.25) is 0 Å². The largest absolute Gasteiger partial charge is 0.451 e. The van der Waals surface area contributed by atoms with Crippen molar-refractivity contribution in [2.75, 3.05) is 11.9 Å². The molecule has 0 aliphatic carbocycles. The lowest BCUT2D eigenvalue weighted by Gasteiger charge is -2.09. The van der Waals surface area contributed by atoms with Crippen LogP contribution in [-0.4, -0.2) is 28.7 Å². The molecule has 0 unspecified atom stereocenters. The summed E-state index contributed by atoms with van der Waals surface area (Å²) in [6, 6.07) is 19.7. The van der Waals surface area contributed by atoms with Crippen molar-refractivity contribution in [2.24, 2.45) is 0 Å². The second kappa shape index (κ2) is 7.32. The Bertz CT molecular complexity index is 1260. The van der Waals surface area contributed by atoms with Gasteiger partial charge in [-0.05, 0) is 17.5 Å². The number of hydrogen-bond donors (Lipinski definition) is 2. The highest BCUT2D eigenvalue weighted by Gasteiger charge is 2.17. The first kappa shape index (κ1) is 17.4. The molecule has 0 aliphatic rings. The summed E-state index contributed by atoms with van der Waals surface area (Å²) >= 11 is 0. The molecule has 7 nitrogen and oxygen atoms in total. The van der Waals surface area contributed by atoms with E-state index in [1.807, 2.05) is 36.4 Å². The summed E-state index contributed by atoms with van der Waals surface area (Å²) in [5, 5.41) is 11.3. The molecule has 0 atom stereocenters. The highest BCUT2D eigenvalue weighted by Crippen LogP contribution is 2.22. The predicted molar refractivity (Wildman–Crippen MR) is 105 cm³/mol. The number of carbonyl (C=O) groups excluding carboxylic acids is 2. The predicted octanol–water partition coefficient (Wildman–Crippen LogP) is 2.87.